The number of sulfonamides is 1. The monoisotopic (exact) mass is 398 g/mol. The highest BCUT2D eigenvalue weighted by molar-refractivity contribution is 7.89. The van der Waals surface area contributed by atoms with E-state index in [9.17, 15) is 18.0 Å². The second-order valence-corrected chi connectivity index (χ2v) is 8.05. The fourth-order valence-electron chi connectivity index (χ4n) is 2.52. The first-order valence-corrected chi connectivity index (χ1v) is 10.5. The van der Waals surface area contributed by atoms with E-state index in [4.69, 9.17) is 9.47 Å². The van der Waals surface area contributed by atoms with Crippen molar-refractivity contribution in [2.24, 2.45) is 5.92 Å². The molecule has 0 atom stereocenters. The average molecular weight is 398 g/mol. The Hall–Kier alpha value is -2.13. The first kappa shape index (κ1) is 21.2. The lowest BCUT2D eigenvalue weighted by Crippen LogP contribution is -2.30. The molecule has 1 aromatic carbocycles. The third-order valence-corrected chi connectivity index (χ3v) is 6.17. The molecular formula is C18H26N2O6S. The first-order chi connectivity index (χ1) is 12.8. The SMILES string of the molecule is CCOc1ccc(S(=O)(=O)N(CC)CC)cc1NC(=O)COC(=O)C1CC1. The van der Waals surface area contributed by atoms with Gasteiger partial charge in [-0.25, -0.2) is 8.42 Å². The summed E-state index contributed by atoms with van der Waals surface area (Å²) < 4.78 is 37.1. The first-order valence-electron chi connectivity index (χ1n) is 9.06. The molecule has 0 heterocycles. The molecule has 0 radical (unpaired) electrons. The molecular weight excluding hydrogens is 372 g/mol. The number of carbonyl (C=O) groups excluding carboxylic acids is 2. The second kappa shape index (κ2) is 9.18. The van der Waals surface area contributed by atoms with Gasteiger partial charge in [-0.05, 0) is 38.0 Å². The van der Waals surface area contributed by atoms with E-state index >= 15 is 0 Å². The summed E-state index contributed by atoms with van der Waals surface area (Å²) in [6.07, 6.45) is 1.58. The number of hydrogen-bond donors (Lipinski definition) is 1. The van der Waals surface area contributed by atoms with Gasteiger partial charge in [-0.2, -0.15) is 4.31 Å². The zero-order valence-electron chi connectivity index (χ0n) is 15.9. The highest BCUT2D eigenvalue weighted by Crippen LogP contribution is 2.31. The van der Waals surface area contributed by atoms with Gasteiger partial charge in [-0.1, -0.05) is 13.8 Å². The van der Waals surface area contributed by atoms with Gasteiger partial charge in [-0.15, -0.1) is 0 Å². The molecule has 0 aliphatic heterocycles. The number of carbonyl (C=O) groups is 2. The standard InChI is InChI=1S/C18H26N2O6S/c1-4-20(5-2)27(23,24)14-9-10-16(25-6-3)15(11-14)19-17(21)12-26-18(22)13-7-8-13/h9-11,13H,4-8,12H2,1-3H3,(H,19,21). The number of benzene rings is 1. The van der Waals surface area contributed by atoms with Crippen LogP contribution in [0, 0.1) is 5.92 Å². The number of anilines is 1. The van der Waals surface area contributed by atoms with Crippen LogP contribution in [0.3, 0.4) is 0 Å². The number of esters is 1. The summed E-state index contributed by atoms with van der Waals surface area (Å²) in [4.78, 5) is 23.7. The molecule has 1 aliphatic carbocycles. The minimum Gasteiger partial charge on any atom is -0.492 e. The molecule has 1 amide bonds. The van der Waals surface area contributed by atoms with Gasteiger partial charge in [0.2, 0.25) is 10.0 Å². The third-order valence-electron chi connectivity index (χ3n) is 4.12. The zero-order valence-corrected chi connectivity index (χ0v) is 16.7. The van der Waals surface area contributed by atoms with Crippen LogP contribution in [0.4, 0.5) is 5.69 Å². The molecule has 1 aromatic rings. The largest absolute Gasteiger partial charge is 0.492 e. The molecule has 8 nitrogen and oxygen atoms in total. The fraction of sp³-hybridized carbons (Fsp3) is 0.556. The maximum atomic E-state index is 12.7. The molecule has 150 valence electrons. The summed E-state index contributed by atoms with van der Waals surface area (Å²) in [7, 11) is -3.68. The number of nitrogens with zero attached hydrogens (tertiary/aromatic N) is 1. The molecule has 0 spiro atoms. The highest BCUT2D eigenvalue weighted by Gasteiger charge is 2.31. The van der Waals surface area contributed by atoms with Gasteiger partial charge >= 0.3 is 5.97 Å². The van der Waals surface area contributed by atoms with E-state index < -0.39 is 22.5 Å². The van der Waals surface area contributed by atoms with E-state index in [1.807, 2.05) is 0 Å². The number of amides is 1. The van der Waals surface area contributed by atoms with E-state index in [0.717, 1.165) is 12.8 Å². The van der Waals surface area contributed by atoms with Crippen LogP contribution in [0.25, 0.3) is 0 Å². The third kappa shape index (κ3) is 5.43. The Morgan fingerprint density at radius 1 is 1.19 bits per heavy atom. The Kier molecular flexibility index (Phi) is 7.20. The van der Waals surface area contributed by atoms with Crippen LogP contribution in [-0.4, -0.2) is 50.9 Å². The minimum atomic E-state index is -3.68. The molecule has 9 heteroatoms. The van der Waals surface area contributed by atoms with Crippen molar-refractivity contribution in [3.8, 4) is 5.75 Å². The normalized spacial score (nSPS) is 14.1. The van der Waals surface area contributed by atoms with Gasteiger partial charge in [0, 0.05) is 13.1 Å². The Morgan fingerprint density at radius 3 is 2.41 bits per heavy atom. The number of hydrogen-bond acceptors (Lipinski definition) is 6. The molecule has 0 saturated heterocycles. The van der Waals surface area contributed by atoms with Crippen molar-refractivity contribution in [3.05, 3.63) is 18.2 Å². The molecule has 27 heavy (non-hydrogen) atoms. The highest BCUT2D eigenvalue weighted by atomic mass is 32.2. The van der Waals surface area contributed by atoms with Gasteiger partial charge in [-0.3, -0.25) is 9.59 Å². The van der Waals surface area contributed by atoms with Crippen molar-refractivity contribution < 1.29 is 27.5 Å². The number of ether oxygens (including phenoxy) is 2. The van der Waals surface area contributed by atoms with Crippen LogP contribution in [-0.2, 0) is 24.3 Å². The lowest BCUT2D eigenvalue weighted by atomic mass is 10.3. The van der Waals surface area contributed by atoms with Crippen LogP contribution in [0.2, 0.25) is 0 Å². The Bertz CT molecular complexity index is 785. The van der Waals surface area contributed by atoms with Gasteiger partial charge in [0.05, 0.1) is 23.1 Å². The Balaban J connectivity index is 2.19. The van der Waals surface area contributed by atoms with Crippen LogP contribution in [0.15, 0.2) is 23.1 Å². The maximum absolute atomic E-state index is 12.7. The molecule has 1 aliphatic rings. The summed E-state index contributed by atoms with van der Waals surface area (Å²) in [6, 6.07) is 4.31. The fourth-order valence-corrected chi connectivity index (χ4v) is 4.01. The van der Waals surface area contributed by atoms with Gasteiger partial charge in [0.15, 0.2) is 6.61 Å². The summed E-state index contributed by atoms with van der Waals surface area (Å²) in [5, 5.41) is 2.57. The predicted molar refractivity (Wildman–Crippen MR) is 100 cm³/mol. The molecule has 1 N–H and O–H groups in total. The van der Waals surface area contributed by atoms with Crippen molar-refractivity contribution in [2.45, 2.75) is 38.5 Å². The molecule has 1 saturated carbocycles. The quantitative estimate of drug-likeness (QED) is 0.605. The molecule has 1 fully saturated rings. The van der Waals surface area contributed by atoms with Crippen molar-refractivity contribution in [2.75, 3.05) is 31.6 Å². The van der Waals surface area contributed by atoms with Gasteiger partial charge < -0.3 is 14.8 Å². The van der Waals surface area contributed by atoms with Crippen LogP contribution >= 0.6 is 0 Å². The zero-order chi connectivity index (χ0) is 20.0. The number of nitrogens with one attached hydrogen (secondary N) is 1. The summed E-state index contributed by atoms with van der Waals surface area (Å²) in [6.45, 7) is 5.90. The van der Waals surface area contributed by atoms with E-state index in [0.29, 0.717) is 25.4 Å². The van der Waals surface area contributed by atoms with E-state index in [-0.39, 0.29) is 22.5 Å². The molecule has 0 bridgehead atoms. The Labute approximate surface area is 159 Å². The maximum Gasteiger partial charge on any atom is 0.309 e. The second-order valence-electron chi connectivity index (χ2n) is 6.11. The molecule has 0 unspecified atom stereocenters. The van der Waals surface area contributed by atoms with Crippen LogP contribution in [0.1, 0.15) is 33.6 Å². The predicted octanol–water partition coefficient (Wildman–Crippen LogP) is 2.01. The van der Waals surface area contributed by atoms with Crippen molar-refractivity contribution in [1.29, 1.82) is 0 Å². The smallest absolute Gasteiger partial charge is 0.309 e. The lowest BCUT2D eigenvalue weighted by molar-refractivity contribution is -0.148. The van der Waals surface area contributed by atoms with E-state index in [1.165, 1.54) is 22.5 Å². The number of rotatable bonds is 10. The van der Waals surface area contributed by atoms with Crippen molar-refractivity contribution in [1.82, 2.24) is 4.31 Å². The summed E-state index contributed by atoms with van der Waals surface area (Å²) >= 11 is 0. The lowest BCUT2D eigenvalue weighted by Gasteiger charge is -2.20. The summed E-state index contributed by atoms with van der Waals surface area (Å²) in [5.41, 5.74) is 0.220. The Morgan fingerprint density at radius 2 is 1.85 bits per heavy atom. The van der Waals surface area contributed by atoms with Crippen LogP contribution < -0.4 is 10.1 Å². The van der Waals surface area contributed by atoms with E-state index in [2.05, 4.69) is 5.32 Å². The summed E-state index contributed by atoms with van der Waals surface area (Å²) in [5.74, 6) is -0.687. The van der Waals surface area contributed by atoms with Gasteiger partial charge in [0.1, 0.15) is 5.75 Å². The van der Waals surface area contributed by atoms with Crippen molar-refractivity contribution >= 4 is 27.6 Å². The average Bonchev–Trinajstić information content (AvgIpc) is 3.47. The minimum absolute atomic E-state index is 0.0555. The van der Waals surface area contributed by atoms with Crippen LogP contribution in [0.5, 0.6) is 5.75 Å². The van der Waals surface area contributed by atoms with E-state index in [1.54, 1.807) is 20.8 Å². The molecule has 0 aromatic heterocycles. The van der Waals surface area contributed by atoms with Crippen molar-refractivity contribution in [3.63, 3.8) is 0 Å². The molecule has 2 rings (SSSR count). The topological polar surface area (TPSA) is 102 Å². The van der Waals surface area contributed by atoms with Gasteiger partial charge in [0.25, 0.3) is 5.91 Å².